The molecule has 1 fully saturated rings. The van der Waals surface area contributed by atoms with Gasteiger partial charge in [0, 0.05) is 12.2 Å². The number of carboxylic acid groups (broad SMARTS) is 1. The molecule has 2 atom stereocenters. The Bertz CT molecular complexity index is 884. The fourth-order valence-corrected chi connectivity index (χ4v) is 3.42. The van der Waals surface area contributed by atoms with Gasteiger partial charge in [-0.2, -0.15) is 0 Å². The number of benzene rings is 2. The van der Waals surface area contributed by atoms with Crippen molar-refractivity contribution in [2.24, 2.45) is 0 Å². The van der Waals surface area contributed by atoms with Crippen LogP contribution in [0.2, 0.25) is 0 Å². The lowest BCUT2D eigenvalue weighted by Gasteiger charge is -2.26. The van der Waals surface area contributed by atoms with Crippen LogP contribution in [0.1, 0.15) is 35.7 Å². The molecule has 0 saturated carbocycles. The number of amides is 1. The third kappa shape index (κ3) is 4.93. The first kappa shape index (κ1) is 20.4. The molecule has 3 rings (SSSR count). The van der Waals surface area contributed by atoms with Gasteiger partial charge in [0.15, 0.2) is 0 Å². The minimum Gasteiger partial charge on any atom is -0.480 e. The first-order valence-electron chi connectivity index (χ1n) is 9.57. The smallest absolute Gasteiger partial charge is 0.340 e. The summed E-state index contributed by atoms with van der Waals surface area (Å²) in [4.78, 5) is 38.0. The highest BCUT2D eigenvalue weighted by molar-refractivity contribution is 5.97. The number of carbonyl (C=O) groups excluding carboxylic acids is 2. The van der Waals surface area contributed by atoms with E-state index in [4.69, 9.17) is 4.74 Å². The number of likely N-dealkylation sites (tertiary alicyclic amines) is 1. The predicted octanol–water partition coefficient (Wildman–Crippen LogP) is 2.92. The molecule has 2 aromatic carbocycles. The molecule has 1 unspecified atom stereocenters. The van der Waals surface area contributed by atoms with Crippen molar-refractivity contribution in [2.45, 2.75) is 38.5 Å². The SMILES string of the molecule is CC(Nc1ccccc1C(=O)OCc1ccccc1)C(=O)N1CCC[C@H]1C(=O)O. The van der Waals surface area contributed by atoms with Crippen molar-refractivity contribution in [3.63, 3.8) is 0 Å². The molecule has 0 aliphatic carbocycles. The van der Waals surface area contributed by atoms with Crippen molar-refractivity contribution >= 4 is 23.5 Å². The van der Waals surface area contributed by atoms with E-state index >= 15 is 0 Å². The highest BCUT2D eigenvalue weighted by Crippen LogP contribution is 2.22. The van der Waals surface area contributed by atoms with Gasteiger partial charge < -0.3 is 20.1 Å². The maximum absolute atomic E-state index is 12.7. The molecular weight excluding hydrogens is 372 g/mol. The number of nitrogens with zero attached hydrogens (tertiary/aromatic N) is 1. The molecule has 1 aliphatic rings. The zero-order chi connectivity index (χ0) is 20.8. The minimum absolute atomic E-state index is 0.149. The first-order chi connectivity index (χ1) is 14.0. The normalized spacial score (nSPS) is 16.9. The molecule has 1 amide bonds. The summed E-state index contributed by atoms with van der Waals surface area (Å²) in [5, 5.41) is 12.3. The predicted molar refractivity (Wildman–Crippen MR) is 107 cm³/mol. The fraction of sp³-hybridized carbons (Fsp3) is 0.318. The van der Waals surface area contributed by atoms with Gasteiger partial charge in [-0.05, 0) is 37.5 Å². The standard InChI is InChI=1S/C22H24N2O5/c1-15(20(25)24-13-7-12-19(24)21(26)27)23-18-11-6-5-10-17(18)22(28)29-14-16-8-3-2-4-9-16/h2-6,8-11,15,19,23H,7,12-14H2,1H3,(H,26,27)/t15?,19-/m0/s1. The summed E-state index contributed by atoms with van der Waals surface area (Å²) in [5.41, 5.74) is 1.67. The average Bonchev–Trinajstić information content (AvgIpc) is 3.23. The van der Waals surface area contributed by atoms with Crippen molar-refractivity contribution in [3.8, 4) is 0 Å². The lowest BCUT2D eigenvalue weighted by Crippen LogP contribution is -2.46. The zero-order valence-electron chi connectivity index (χ0n) is 16.2. The van der Waals surface area contributed by atoms with Crippen LogP contribution in [0.3, 0.4) is 0 Å². The van der Waals surface area contributed by atoms with Gasteiger partial charge in [-0.1, -0.05) is 42.5 Å². The summed E-state index contributed by atoms with van der Waals surface area (Å²) in [6.07, 6.45) is 1.12. The third-order valence-electron chi connectivity index (χ3n) is 4.92. The number of esters is 1. The number of carbonyl (C=O) groups is 3. The number of aliphatic carboxylic acids is 1. The third-order valence-corrected chi connectivity index (χ3v) is 4.92. The van der Waals surface area contributed by atoms with Crippen molar-refractivity contribution in [3.05, 3.63) is 65.7 Å². The summed E-state index contributed by atoms with van der Waals surface area (Å²) in [5.74, 6) is -1.79. The molecule has 0 aromatic heterocycles. The molecule has 2 aromatic rings. The van der Waals surface area contributed by atoms with Gasteiger partial charge in [0.25, 0.3) is 0 Å². The molecular formula is C22H24N2O5. The van der Waals surface area contributed by atoms with E-state index in [1.165, 1.54) is 4.90 Å². The van der Waals surface area contributed by atoms with Crippen LogP contribution in [0.25, 0.3) is 0 Å². The fourth-order valence-electron chi connectivity index (χ4n) is 3.42. The monoisotopic (exact) mass is 396 g/mol. The second-order valence-corrected chi connectivity index (χ2v) is 7.00. The molecule has 0 radical (unpaired) electrons. The molecule has 0 spiro atoms. The van der Waals surface area contributed by atoms with Crippen LogP contribution in [-0.4, -0.2) is 46.5 Å². The van der Waals surface area contributed by atoms with Crippen molar-refractivity contribution in [2.75, 3.05) is 11.9 Å². The second-order valence-electron chi connectivity index (χ2n) is 7.00. The molecule has 1 heterocycles. The van der Waals surface area contributed by atoms with Gasteiger partial charge >= 0.3 is 11.9 Å². The lowest BCUT2D eigenvalue weighted by molar-refractivity contribution is -0.148. The van der Waals surface area contributed by atoms with Crippen LogP contribution in [-0.2, 0) is 20.9 Å². The minimum atomic E-state index is -0.993. The number of ether oxygens (including phenoxy) is 1. The largest absolute Gasteiger partial charge is 0.480 e. The number of rotatable bonds is 7. The number of anilines is 1. The highest BCUT2D eigenvalue weighted by Gasteiger charge is 2.36. The van der Waals surface area contributed by atoms with Crippen LogP contribution in [0, 0.1) is 0 Å². The van der Waals surface area contributed by atoms with Gasteiger partial charge in [0.1, 0.15) is 18.7 Å². The number of hydrogen-bond acceptors (Lipinski definition) is 5. The quantitative estimate of drug-likeness (QED) is 0.699. The van der Waals surface area contributed by atoms with E-state index in [-0.39, 0.29) is 12.5 Å². The van der Waals surface area contributed by atoms with E-state index in [1.807, 2.05) is 30.3 Å². The van der Waals surface area contributed by atoms with Gasteiger partial charge in [-0.25, -0.2) is 9.59 Å². The zero-order valence-corrected chi connectivity index (χ0v) is 16.2. The first-order valence-corrected chi connectivity index (χ1v) is 9.57. The Morgan fingerprint density at radius 3 is 2.55 bits per heavy atom. The Morgan fingerprint density at radius 2 is 1.83 bits per heavy atom. The number of hydrogen-bond donors (Lipinski definition) is 2. The summed E-state index contributed by atoms with van der Waals surface area (Å²) in [6, 6.07) is 14.7. The summed E-state index contributed by atoms with van der Waals surface area (Å²) in [7, 11) is 0. The summed E-state index contributed by atoms with van der Waals surface area (Å²) >= 11 is 0. The van der Waals surface area contributed by atoms with Crippen LogP contribution in [0.4, 0.5) is 5.69 Å². The molecule has 1 saturated heterocycles. The van der Waals surface area contributed by atoms with Gasteiger partial charge in [-0.15, -0.1) is 0 Å². The Morgan fingerprint density at radius 1 is 1.14 bits per heavy atom. The van der Waals surface area contributed by atoms with Crippen LogP contribution < -0.4 is 5.32 Å². The average molecular weight is 396 g/mol. The molecule has 29 heavy (non-hydrogen) atoms. The maximum atomic E-state index is 12.7. The van der Waals surface area contributed by atoms with E-state index in [0.717, 1.165) is 5.56 Å². The molecule has 2 N–H and O–H groups in total. The highest BCUT2D eigenvalue weighted by atomic mass is 16.5. The summed E-state index contributed by atoms with van der Waals surface area (Å²) < 4.78 is 5.39. The summed E-state index contributed by atoms with van der Waals surface area (Å²) in [6.45, 7) is 2.23. The van der Waals surface area contributed by atoms with Crippen molar-refractivity contribution < 1.29 is 24.2 Å². The Hall–Kier alpha value is -3.35. The molecule has 7 heteroatoms. The van der Waals surface area contributed by atoms with E-state index in [0.29, 0.717) is 30.6 Å². The number of para-hydroxylation sites is 1. The molecule has 1 aliphatic heterocycles. The Labute approximate surface area is 169 Å². The second kappa shape index (κ2) is 9.23. The van der Waals surface area contributed by atoms with Crippen molar-refractivity contribution in [1.29, 1.82) is 0 Å². The molecule has 0 bridgehead atoms. The van der Waals surface area contributed by atoms with Crippen LogP contribution in [0.15, 0.2) is 54.6 Å². The van der Waals surface area contributed by atoms with Gasteiger partial charge in [0.05, 0.1) is 5.56 Å². The Kier molecular flexibility index (Phi) is 6.49. The number of carboxylic acids is 1. The topological polar surface area (TPSA) is 95.9 Å². The molecule has 7 nitrogen and oxygen atoms in total. The maximum Gasteiger partial charge on any atom is 0.340 e. The van der Waals surface area contributed by atoms with Crippen LogP contribution >= 0.6 is 0 Å². The van der Waals surface area contributed by atoms with Crippen molar-refractivity contribution in [1.82, 2.24) is 4.90 Å². The van der Waals surface area contributed by atoms with E-state index in [1.54, 1.807) is 31.2 Å². The van der Waals surface area contributed by atoms with E-state index in [2.05, 4.69) is 5.32 Å². The van der Waals surface area contributed by atoms with E-state index in [9.17, 15) is 19.5 Å². The molecule has 152 valence electrons. The lowest BCUT2D eigenvalue weighted by atomic mass is 10.1. The van der Waals surface area contributed by atoms with Gasteiger partial charge in [-0.3, -0.25) is 4.79 Å². The van der Waals surface area contributed by atoms with E-state index < -0.39 is 24.0 Å². The Balaban J connectivity index is 1.67. The van der Waals surface area contributed by atoms with Gasteiger partial charge in [0.2, 0.25) is 5.91 Å². The van der Waals surface area contributed by atoms with Crippen LogP contribution in [0.5, 0.6) is 0 Å². The number of nitrogens with one attached hydrogen (secondary N) is 1.